The quantitative estimate of drug-likeness (QED) is 0.731. The standard InChI is InChI=1S/C16H15NO6/c1-22-11-5-9(6-12(8-11)23-2)15(19)17-10-3-4-14(18)13(7-10)16(20)21/h3-8,18H,1-2H3,(H,17,19)(H,20,21). The maximum atomic E-state index is 12.3. The fourth-order valence-corrected chi connectivity index (χ4v) is 1.93. The summed E-state index contributed by atoms with van der Waals surface area (Å²) in [5.41, 5.74) is 0.226. The van der Waals surface area contributed by atoms with Gasteiger partial charge in [-0.05, 0) is 30.3 Å². The number of anilines is 1. The van der Waals surface area contributed by atoms with Crippen molar-refractivity contribution in [3.8, 4) is 17.2 Å². The molecule has 23 heavy (non-hydrogen) atoms. The monoisotopic (exact) mass is 317 g/mol. The van der Waals surface area contributed by atoms with Crippen LogP contribution in [0.3, 0.4) is 0 Å². The Bertz CT molecular complexity index is 734. The first kappa shape index (κ1) is 16.2. The topological polar surface area (TPSA) is 105 Å². The molecule has 0 saturated heterocycles. The zero-order valence-corrected chi connectivity index (χ0v) is 12.5. The van der Waals surface area contributed by atoms with Crippen LogP contribution < -0.4 is 14.8 Å². The summed E-state index contributed by atoms with van der Waals surface area (Å²) in [4.78, 5) is 23.3. The van der Waals surface area contributed by atoms with Crippen molar-refractivity contribution < 1.29 is 29.3 Å². The molecular formula is C16H15NO6. The number of hydrogen-bond acceptors (Lipinski definition) is 5. The molecule has 7 heteroatoms. The molecule has 2 aromatic rings. The molecule has 0 aromatic heterocycles. The fraction of sp³-hybridized carbons (Fsp3) is 0.125. The van der Waals surface area contributed by atoms with Crippen LogP contribution in [0.2, 0.25) is 0 Å². The lowest BCUT2D eigenvalue weighted by Gasteiger charge is -2.10. The Morgan fingerprint density at radius 3 is 2.13 bits per heavy atom. The van der Waals surface area contributed by atoms with Gasteiger partial charge in [-0.2, -0.15) is 0 Å². The number of phenols is 1. The molecule has 1 amide bonds. The lowest BCUT2D eigenvalue weighted by molar-refractivity contribution is 0.0693. The van der Waals surface area contributed by atoms with E-state index in [4.69, 9.17) is 14.6 Å². The molecule has 0 radical (unpaired) electrons. The van der Waals surface area contributed by atoms with E-state index in [1.165, 1.54) is 44.6 Å². The molecule has 2 aromatic carbocycles. The lowest BCUT2D eigenvalue weighted by Crippen LogP contribution is -2.13. The Morgan fingerprint density at radius 2 is 1.61 bits per heavy atom. The molecule has 0 unspecified atom stereocenters. The van der Waals surface area contributed by atoms with Gasteiger partial charge in [0.05, 0.1) is 14.2 Å². The van der Waals surface area contributed by atoms with Crippen molar-refractivity contribution in [2.24, 2.45) is 0 Å². The third-order valence-corrected chi connectivity index (χ3v) is 3.10. The molecule has 0 aliphatic carbocycles. The third kappa shape index (κ3) is 3.70. The highest BCUT2D eigenvalue weighted by atomic mass is 16.5. The second kappa shape index (κ2) is 6.69. The summed E-state index contributed by atoms with van der Waals surface area (Å²) in [5, 5.41) is 21.0. The van der Waals surface area contributed by atoms with Crippen molar-refractivity contribution in [2.75, 3.05) is 19.5 Å². The summed E-state index contributed by atoms with van der Waals surface area (Å²) < 4.78 is 10.2. The third-order valence-electron chi connectivity index (χ3n) is 3.10. The molecule has 0 atom stereocenters. The van der Waals surface area contributed by atoms with Crippen LogP contribution in [0.25, 0.3) is 0 Å². The van der Waals surface area contributed by atoms with Crippen LogP contribution in [-0.4, -0.2) is 36.3 Å². The van der Waals surface area contributed by atoms with Gasteiger partial charge in [0, 0.05) is 17.3 Å². The Labute approximate surface area is 132 Å². The minimum Gasteiger partial charge on any atom is -0.507 e. The van der Waals surface area contributed by atoms with E-state index in [2.05, 4.69) is 5.32 Å². The largest absolute Gasteiger partial charge is 0.507 e. The Balaban J connectivity index is 2.29. The molecule has 7 nitrogen and oxygen atoms in total. The summed E-state index contributed by atoms with van der Waals surface area (Å²) in [7, 11) is 2.94. The first-order valence-electron chi connectivity index (χ1n) is 6.55. The number of carboxylic acids is 1. The number of methoxy groups -OCH3 is 2. The highest BCUT2D eigenvalue weighted by Gasteiger charge is 2.14. The minimum absolute atomic E-state index is 0.243. The van der Waals surface area contributed by atoms with E-state index in [0.717, 1.165) is 0 Å². The highest BCUT2D eigenvalue weighted by molar-refractivity contribution is 6.05. The average Bonchev–Trinajstić information content (AvgIpc) is 2.55. The molecule has 0 saturated carbocycles. The van der Waals surface area contributed by atoms with Crippen molar-refractivity contribution in [1.82, 2.24) is 0 Å². The van der Waals surface area contributed by atoms with Crippen LogP contribution in [0.4, 0.5) is 5.69 Å². The molecule has 0 heterocycles. The van der Waals surface area contributed by atoms with Crippen LogP contribution in [-0.2, 0) is 0 Å². The SMILES string of the molecule is COc1cc(OC)cc(C(=O)Nc2ccc(O)c(C(=O)O)c2)c1. The number of hydrogen-bond donors (Lipinski definition) is 3. The van der Waals surface area contributed by atoms with Crippen LogP contribution in [0.1, 0.15) is 20.7 Å². The van der Waals surface area contributed by atoms with Crippen molar-refractivity contribution in [2.45, 2.75) is 0 Å². The van der Waals surface area contributed by atoms with E-state index in [1.54, 1.807) is 6.07 Å². The van der Waals surface area contributed by atoms with Crippen LogP contribution in [0, 0.1) is 0 Å². The summed E-state index contributed by atoms with van der Waals surface area (Å²) in [6.45, 7) is 0. The molecule has 3 N–H and O–H groups in total. The first-order chi connectivity index (χ1) is 10.9. The molecule has 0 fully saturated rings. The van der Waals surface area contributed by atoms with Gasteiger partial charge in [-0.3, -0.25) is 4.79 Å². The minimum atomic E-state index is -1.29. The van der Waals surface area contributed by atoms with Crippen molar-refractivity contribution in [1.29, 1.82) is 0 Å². The van der Waals surface area contributed by atoms with Gasteiger partial charge in [0.1, 0.15) is 22.8 Å². The second-order valence-corrected chi connectivity index (χ2v) is 4.59. The van der Waals surface area contributed by atoms with Crippen molar-refractivity contribution in [3.05, 3.63) is 47.5 Å². The maximum absolute atomic E-state index is 12.3. The number of carbonyl (C=O) groups excluding carboxylic acids is 1. The molecular weight excluding hydrogens is 302 g/mol. The number of aromatic hydroxyl groups is 1. The first-order valence-corrected chi connectivity index (χ1v) is 6.55. The lowest BCUT2D eigenvalue weighted by atomic mass is 10.1. The smallest absolute Gasteiger partial charge is 0.339 e. The van der Waals surface area contributed by atoms with E-state index in [-0.39, 0.29) is 22.6 Å². The number of amides is 1. The van der Waals surface area contributed by atoms with Gasteiger partial charge in [0.25, 0.3) is 5.91 Å². The number of rotatable bonds is 5. The number of carboxylic acid groups (broad SMARTS) is 1. The highest BCUT2D eigenvalue weighted by Crippen LogP contribution is 2.25. The molecule has 120 valence electrons. The van der Waals surface area contributed by atoms with Crippen LogP contribution in [0.5, 0.6) is 17.2 Å². The predicted molar refractivity (Wildman–Crippen MR) is 82.6 cm³/mol. The Morgan fingerprint density at radius 1 is 1.00 bits per heavy atom. The summed E-state index contributed by atoms with van der Waals surface area (Å²) in [6, 6.07) is 8.45. The normalized spacial score (nSPS) is 10.0. The van der Waals surface area contributed by atoms with Crippen molar-refractivity contribution >= 4 is 17.6 Å². The molecule has 0 aliphatic rings. The summed E-state index contributed by atoms with van der Waals surface area (Å²) in [5.74, 6) is -1.23. The molecule has 0 bridgehead atoms. The summed E-state index contributed by atoms with van der Waals surface area (Å²) >= 11 is 0. The van der Waals surface area contributed by atoms with Crippen LogP contribution >= 0.6 is 0 Å². The zero-order valence-electron chi connectivity index (χ0n) is 12.5. The number of benzene rings is 2. The van der Waals surface area contributed by atoms with Gasteiger partial charge < -0.3 is 25.0 Å². The van der Waals surface area contributed by atoms with Gasteiger partial charge in [-0.25, -0.2) is 4.79 Å². The second-order valence-electron chi connectivity index (χ2n) is 4.59. The van der Waals surface area contributed by atoms with E-state index in [9.17, 15) is 14.7 Å². The van der Waals surface area contributed by atoms with E-state index in [1.807, 2.05) is 0 Å². The number of carbonyl (C=O) groups is 2. The van der Waals surface area contributed by atoms with Gasteiger partial charge in [0.15, 0.2) is 0 Å². The fourth-order valence-electron chi connectivity index (χ4n) is 1.93. The average molecular weight is 317 g/mol. The Kier molecular flexibility index (Phi) is 4.70. The van der Waals surface area contributed by atoms with E-state index < -0.39 is 11.9 Å². The van der Waals surface area contributed by atoms with Gasteiger partial charge >= 0.3 is 5.97 Å². The van der Waals surface area contributed by atoms with E-state index >= 15 is 0 Å². The maximum Gasteiger partial charge on any atom is 0.339 e. The molecule has 0 aliphatic heterocycles. The summed E-state index contributed by atoms with van der Waals surface area (Å²) in [6.07, 6.45) is 0. The number of ether oxygens (including phenoxy) is 2. The Hall–Kier alpha value is -3.22. The van der Waals surface area contributed by atoms with Crippen LogP contribution in [0.15, 0.2) is 36.4 Å². The van der Waals surface area contributed by atoms with Gasteiger partial charge in [-0.1, -0.05) is 0 Å². The van der Waals surface area contributed by atoms with Crippen molar-refractivity contribution in [3.63, 3.8) is 0 Å². The number of nitrogens with one attached hydrogen (secondary N) is 1. The number of aromatic carboxylic acids is 1. The van der Waals surface area contributed by atoms with Gasteiger partial charge in [0.2, 0.25) is 0 Å². The molecule has 0 spiro atoms. The van der Waals surface area contributed by atoms with Gasteiger partial charge in [-0.15, -0.1) is 0 Å². The van der Waals surface area contributed by atoms with E-state index in [0.29, 0.717) is 11.5 Å². The molecule has 2 rings (SSSR count). The zero-order chi connectivity index (χ0) is 17.0. The predicted octanol–water partition coefficient (Wildman–Crippen LogP) is 2.36.